The molecule has 0 spiro atoms. The summed E-state index contributed by atoms with van der Waals surface area (Å²) < 4.78 is 5.41. The molecule has 0 saturated carbocycles. The Bertz CT molecular complexity index is 819. The summed E-state index contributed by atoms with van der Waals surface area (Å²) in [6.07, 6.45) is 0.335. The Balaban J connectivity index is 1.52. The standard InChI is InChI=1S/C21H26N4O3/c1-16(26)23-18-6-4-5-17(15-18)22-10-9-21(27)24-19-7-2-3-8-20(19)25-11-13-28-14-12-25/h2-8,15,22H,9-14H2,1H3,(H,23,26)(H,24,27). The first-order valence-electron chi connectivity index (χ1n) is 9.45. The van der Waals surface area contributed by atoms with E-state index in [9.17, 15) is 9.59 Å². The van der Waals surface area contributed by atoms with Gasteiger partial charge in [0.2, 0.25) is 11.8 Å². The van der Waals surface area contributed by atoms with Crippen LogP contribution in [0.2, 0.25) is 0 Å². The van der Waals surface area contributed by atoms with Crippen LogP contribution >= 0.6 is 0 Å². The third-order valence-electron chi connectivity index (χ3n) is 4.39. The number of carbonyl (C=O) groups excluding carboxylic acids is 2. The summed E-state index contributed by atoms with van der Waals surface area (Å²) in [5.41, 5.74) is 3.42. The maximum atomic E-state index is 12.4. The van der Waals surface area contributed by atoms with Gasteiger partial charge in [0.1, 0.15) is 0 Å². The van der Waals surface area contributed by atoms with Gasteiger partial charge < -0.3 is 25.6 Å². The topological polar surface area (TPSA) is 82.7 Å². The molecule has 148 valence electrons. The highest BCUT2D eigenvalue weighted by molar-refractivity contribution is 5.94. The summed E-state index contributed by atoms with van der Waals surface area (Å²) >= 11 is 0. The Hall–Kier alpha value is -3.06. The Morgan fingerprint density at radius 2 is 1.75 bits per heavy atom. The predicted octanol–water partition coefficient (Wildman–Crippen LogP) is 2.92. The average molecular weight is 382 g/mol. The molecule has 3 rings (SSSR count). The van der Waals surface area contributed by atoms with Crippen LogP contribution in [0.15, 0.2) is 48.5 Å². The number of para-hydroxylation sites is 2. The van der Waals surface area contributed by atoms with Crippen LogP contribution in [0.25, 0.3) is 0 Å². The summed E-state index contributed by atoms with van der Waals surface area (Å²) in [6.45, 7) is 5.00. The van der Waals surface area contributed by atoms with Gasteiger partial charge in [0, 0.05) is 44.4 Å². The quantitative estimate of drug-likeness (QED) is 0.686. The first-order chi connectivity index (χ1) is 13.6. The average Bonchev–Trinajstić information content (AvgIpc) is 2.69. The van der Waals surface area contributed by atoms with Crippen LogP contribution in [-0.4, -0.2) is 44.7 Å². The minimum Gasteiger partial charge on any atom is -0.384 e. The fourth-order valence-corrected chi connectivity index (χ4v) is 3.10. The molecule has 0 unspecified atom stereocenters. The lowest BCUT2D eigenvalue weighted by atomic mass is 10.2. The molecule has 7 heteroatoms. The molecule has 2 amide bonds. The van der Waals surface area contributed by atoms with Crippen molar-refractivity contribution in [3.63, 3.8) is 0 Å². The Morgan fingerprint density at radius 3 is 2.54 bits per heavy atom. The lowest BCUT2D eigenvalue weighted by Crippen LogP contribution is -2.36. The molecule has 1 fully saturated rings. The fourth-order valence-electron chi connectivity index (χ4n) is 3.10. The number of carbonyl (C=O) groups is 2. The van der Waals surface area contributed by atoms with Gasteiger partial charge in [0.15, 0.2) is 0 Å². The van der Waals surface area contributed by atoms with Crippen molar-refractivity contribution in [3.8, 4) is 0 Å². The zero-order valence-corrected chi connectivity index (χ0v) is 16.0. The van der Waals surface area contributed by atoms with Crippen LogP contribution in [0.1, 0.15) is 13.3 Å². The van der Waals surface area contributed by atoms with Crippen molar-refractivity contribution in [2.24, 2.45) is 0 Å². The van der Waals surface area contributed by atoms with E-state index in [0.717, 1.165) is 35.8 Å². The molecule has 2 aromatic rings. The van der Waals surface area contributed by atoms with Crippen LogP contribution in [0.5, 0.6) is 0 Å². The molecule has 3 N–H and O–H groups in total. The number of anilines is 4. The summed E-state index contributed by atoms with van der Waals surface area (Å²) in [5.74, 6) is -0.165. The number of nitrogens with one attached hydrogen (secondary N) is 3. The second-order valence-corrected chi connectivity index (χ2v) is 6.60. The van der Waals surface area contributed by atoms with E-state index in [1.165, 1.54) is 6.92 Å². The largest absolute Gasteiger partial charge is 0.384 e. The van der Waals surface area contributed by atoms with Crippen molar-refractivity contribution >= 4 is 34.6 Å². The number of rotatable bonds is 7. The third kappa shape index (κ3) is 5.72. The highest BCUT2D eigenvalue weighted by atomic mass is 16.5. The van der Waals surface area contributed by atoms with E-state index in [2.05, 4.69) is 20.9 Å². The SMILES string of the molecule is CC(=O)Nc1cccc(NCCC(=O)Nc2ccccc2N2CCOCC2)c1. The van der Waals surface area contributed by atoms with E-state index < -0.39 is 0 Å². The van der Waals surface area contributed by atoms with E-state index in [0.29, 0.717) is 26.2 Å². The van der Waals surface area contributed by atoms with Gasteiger partial charge in [-0.3, -0.25) is 9.59 Å². The molecule has 0 aromatic heterocycles. The molecule has 28 heavy (non-hydrogen) atoms. The lowest BCUT2D eigenvalue weighted by Gasteiger charge is -2.30. The molecule has 7 nitrogen and oxygen atoms in total. The van der Waals surface area contributed by atoms with Crippen molar-refractivity contribution < 1.29 is 14.3 Å². The number of hydrogen-bond acceptors (Lipinski definition) is 5. The second-order valence-electron chi connectivity index (χ2n) is 6.60. The van der Waals surface area contributed by atoms with Gasteiger partial charge in [-0.15, -0.1) is 0 Å². The van der Waals surface area contributed by atoms with E-state index in [4.69, 9.17) is 4.74 Å². The van der Waals surface area contributed by atoms with Gasteiger partial charge in [-0.05, 0) is 30.3 Å². The summed E-state index contributed by atoms with van der Waals surface area (Å²) in [7, 11) is 0. The first-order valence-corrected chi connectivity index (χ1v) is 9.45. The maximum absolute atomic E-state index is 12.4. The Kier molecular flexibility index (Phi) is 6.86. The van der Waals surface area contributed by atoms with Gasteiger partial charge in [-0.25, -0.2) is 0 Å². The number of hydrogen-bond donors (Lipinski definition) is 3. The number of ether oxygens (including phenoxy) is 1. The van der Waals surface area contributed by atoms with Crippen molar-refractivity contribution in [3.05, 3.63) is 48.5 Å². The molecule has 0 bridgehead atoms. The van der Waals surface area contributed by atoms with Crippen LogP contribution in [0.4, 0.5) is 22.7 Å². The Labute approximate surface area is 165 Å². The second kappa shape index (κ2) is 9.75. The monoisotopic (exact) mass is 382 g/mol. The van der Waals surface area contributed by atoms with Gasteiger partial charge in [-0.2, -0.15) is 0 Å². The molecule has 1 aliphatic rings. The molecule has 1 saturated heterocycles. The van der Waals surface area contributed by atoms with Crippen LogP contribution in [0.3, 0.4) is 0 Å². The fraction of sp³-hybridized carbons (Fsp3) is 0.333. The van der Waals surface area contributed by atoms with Gasteiger partial charge in [0.05, 0.1) is 24.6 Å². The van der Waals surface area contributed by atoms with Crippen molar-refractivity contribution in [2.75, 3.05) is 53.7 Å². The van der Waals surface area contributed by atoms with E-state index in [1.54, 1.807) is 0 Å². The Morgan fingerprint density at radius 1 is 1.00 bits per heavy atom. The molecule has 0 atom stereocenters. The van der Waals surface area contributed by atoms with E-state index in [-0.39, 0.29) is 11.8 Å². The minimum atomic E-state index is -0.115. The molecule has 2 aromatic carbocycles. The summed E-state index contributed by atoms with van der Waals surface area (Å²) in [5, 5.41) is 8.97. The van der Waals surface area contributed by atoms with Crippen molar-refractivity contribution in [1.82, 2.24) is 0 Å². The van der Waals surface area contributed by atoms with Gasteiger partial charge in [0.25, 0.3) is 0 Å². The normalized spacial score (nSPS) is 13.7. The molecular weight excluding hydrogens is 356 g/mol. The van der Waals surface area contributed by atoms with Gasteiger partial charge >= 0.3 is 0 Å². The smallest absolute Gasteiger partial charge is 0.226 e. The van der Waals surface area contributed by atoms with E-state index in [1.807, 2.05) is 48.5 Å². The zero-order valence-electron chi connectivity index (χ0n) is 16.0. The number of amides is 2. The van der Waals surface area contributed by atoms with Crippen LogP contribution in [-0.2, 0) is 14.3 Å². The van der Waals surface area contributed by atoms with Crippen molar-refractivity contribution in [2.45, 2.75) is 13.3 Å². The number of morpholine rings is 1. The summed E-state index contributed by atoms with van der Waals surface area (Å²) in [6, 6.07) is 15.3. The van der Waals surface area contributed by atoms with E-state index >= 15 is 0 Å². The highest BCUT2D eigenvalue weighted by Crippen LogP contribution is 2.26. The zero-order chi connectivity index (χ0) is 19.8. The molecule has 1 aliphatic heterocycles. The van der Waals surface area contributed by atoms with Crippen molar-refractivity contribution in [1.29, 1.82) is 0 Å². The summed E-state index contributed by atoms with van der Waals surface area (Å²) in [4.78, 5) is 25.8. The minimum absolute atomic E-state index is 0.0498. The van der Waals surface area contributed by atoms with Crippen LogP contribution < -0.4 is 20.9 Å². The number of nitrogens with zero attached hydrogens (tertiary/aromatic N) is 1. The lowest BCUT2D eigenvalue weighted by molar-refractivity contribution is -0.116. The van der Waals surface area contributed by atoms with Crippen LogP contribution in [0, 0.1) is 0 Å². The number of benzene rings is 2. The third-order valence-corrected chi connectivity index (χ3v) is 4.39. The molecule has 0 radical (unpaired) electrons. The highest BCUT2D eigenvalue weighted by Gasteiger charge is 2.15. The van der Waals surface area contributed by atoms with Gasteiger partial charge in [-0.1, -0.05) is 18.2 Å². The maximum Gasteiger partial charge on any atom is 0.226 e. The molecular formula is C21H26N4O3. The molecule has 1 heterocycles. The molecule has 0 aliphatic carbocycles. The predicted molar refractivity (Wildman–Crippen MR) is 112 cm³/mol. The first kappa shape index (κ1) is 19.7.